The van der Waals surface area contributed by atoms with Crippen molar-refractivity contribution in [3.8, 4) is 11.8 Å². The number of aliphatic hydroxyl groups is 1. The van der Waals surface area contributed by atoms with Gasteiger partial charge >= 0.3 is 0 Å². The summed E-state index contributed by atoms with van der Waals surface area (Å²) >= 11 is 0. The molecule has 0 radical (unpaired) electrons. The maximum absolute atomic E-state index is 10.1. The molecule has 1 N–H and O–H groups in total. The van der Waals surface area contributed by atoms with Crippen molar-refractivity contribution in [2.45, 2.75) is 19.6 Å². The molecule has 0 aromatic heterocycles. The predicted octanol–water partition coefficient (Wildman–Crippen LogP) is 2.74. The van der Waals surface area contributed by atoms with Crippen LogP contribution in [0.25, 0.3) is 0 Å². The predicted molar refractivity (Wildman–Crippen MR) is 90.2 cm³/mol. The summed E-state index contributed by atoms with van der Waals surface area (Å²) in [6.45, 7) is 3.64. The first-order valence-corrected chi connectivity index (χ1v) is 7.62. The monoisotopic (exact) mass is 310 g/mol. The second-order valence-corrected chi connectivity index (χ2v) is 5.72. The van der Waals surface area contributed by atoms with Gasteiger partial charge in [-0.1, -0.05) is 24.3 Å². The molecule has 4 nitrogen and oxygen atoms in total. The van der Waals surface area contributed by atoms with Crippen LogP contribution in [0.1, 0.15) is 16.7 Å². The smallest absolute Gasteiger partial charge is 0.119 e. The topological polar surface area (TPSA) is 56.5 Å². The van der Waals surface area contributed by atoms with E-state index in [4.69, 9.17) is 10.00 Å². The van der Waals surface area contributed by atoms with E-state index in [1.165, 1.54) is 11.1 Å². The molecular weight excluding hydrogens is 288 g/mol. The minimum absolute atomic E-state index is 0.226. The quantitative estimate of drug-likeness (QED) is 0.854. The number of hydrogen-bond donors (Lipinski definition) is 1. The largest absolute Gasteiger partial charge is 0.491 e. The van der Waals surface area contributed by atoms with Gasteiger partial charge in [0.05, 0.1) is 11.6 Å². The number of hydrogen-bond acceptors (Lipinski definition) is 4. The number of nitriles is 1. The molecule has 0 aliphatic rings. The van der Waals surface area contributed by atoms with Crippen LogP contribution in [-0.4, -0.2) is 36.3 Å². The lowest BCUT2D eigenvalue weighted by Crippen LogP contribution is -2.32. The van der Waals surface area contributed by atoms with Gasteiger partial charge in [-0.05, 0) is 49.4 Å². The van der Waals surface area contributed by atoms with Crippen molar-refractivity contribution in [2.75, 3.05) is 20.2 Å². The Bertz CT molecular complexity index is 662. The fourth-order valence-corrected chi connectivity index (χ4v) is 2.37. The van der Waals surface area contributed by atoms with Gasteiger partial charge in [0.15, 0.2) is 0 Å². The number of ether oxygens (including phenoxy) is 1. The number of benzene rings is 2. The summed E-state index contributed by atoms with van der Waals surface area (Å²) in [5.74, 6) is 0.657. The third-order valence-electron chi connectivity index (χ3n) is 3.65. The zero-order chi connectivity index (χ0) is 16.7. The molecule has 0 fully saturated rings. The number of rotatable bonds is 7. The number of aliphatic hydroxyl groups excluding tert-OH is 1. The molecule has 23 heavy (non-hydrogen) atoms. The Kier molecular flexibility index (Phi) is 6.16. The van der Waals surface area contributed by atoms with Crippen molar-refractivity contribution in [2.24, 2.45) is 0 Å². The van der Waals surface area contributed by atoms with E-state index in [1.54, 1.807) is 24.3 Å². The fraction of sp³-hybridized carbons (Fsp3) is 0.316. The van der Waals surface area contributed by atoms with Crippen LogP contribution in [0.5, 0.6) is 5.75 Å². The highest BCUT2D eigenvalue weighted by Crippen LogP contribution is 2.13. The molecule has 1 atom stereocenters. The zero-order valence-corrected chi connectivity index (χ0v) is 13.6. The van der Waals surface area contributed by atoms with Crippen LogP contribution in [0.2, 0.25) is 0 Å². The molecule has 0 bridgehead atoms. The molecule has 2 rings (SSSR count). The zero-order valence-electron chi connectivity index (χ0n) is 13.6. The maximum atomic E-state index is 10.1. The molecule has 0 aliphatic carbocycles. The van der Waals surface area contributed by atoms with Crippen LogP contribution in [0.15, 0.2) is 48.5 Å². The average Bonchev–Trinajstić information content (AvgIpc) is 2.55. The highest BCUT2D eigenvalue weighted by atomic mass is 16.5. The van der Waals surface area contributed by atoms with Crippen molar-refractivity contribution < 1.29 is 9.84 Å². The molecular formula is C19H22N2O2. The van der Waals surface area contributed by atoms with Gasteiger partial charge in [0, 0.05) is 13.1 Å². The Morgan fingerprint density at radius 1 is 1.17 bits per heavy atom. The summed E-state index contributed by atoms with van der Waals surface area (Å²) in [6.07, 6.45) is -0.570. The third-order valence-corrected chi connectivity index (χ3v) is 3.65. The number of likely N-dealkylation sites (N-methyl/N-ethyl adjacent to an activating group) is 1. The number of aryl methyl sites for hydroxylation is 1. The van der Waals surface area contributed by atoms with E-state index in [-0.39, 0.29) is 6.61 Å². The van der Waals surface area contributed by atoms with Gasteiger partial charge in [-0.2, -0.15) is 5.26 Å². The van der Waals surface area contributed by atoms with Crippen molar-refractivity contribution in [3.05, 3.63) is 65.2 Å². The van der Waals surface area contributed by atoms with E-state index in [9.17, 15) is 5.11 Å². The summed E-state index contributed by atoms with van der Waals surface area (Å²) in [7, 11) is 1.98. The first kappa shape index (κ1) is 17.0. The Morgan fingerprint density at radius 3 is 2.52 bits per heavy atom. The summed E-state index contributed by atoms with van der Waals surface area (Å²) in [6, 6.07) is 17.2. The molecule has 0 amide bonds. The normalized spacial score (nSPS) is 12.0. The molecule has 2 aromatic carbocycles. The van der Waals surface area contributed by atoms with Crippen LogP contribution in [0.3, 0.4) is 0 Å². The lowest BCUT2D eigenvalue weighted by molar-refractivity contribution is 0.0743. The van der Waals surface area contributed by atoms with E-state index in [1.807, 2.05) is 19.2 Å². The van der Waals surface area contributed by atoms with Crippen LogP contribution >= 0.6 is 0 Å². The molecule has 0 saturated carbocycles. The Balaban J connectivity index is 1.78. The number of nitrogens with zero attached hydrogens (tertiary/aromatic N) is 2. The van der Waals surface area contributed by atoms with Crippen LogP contribution in [0.4, 0.5) is 0 Å². The fourth-order valence-electron chi connectivity index (χ4n) is 2.37. The van der Waals surface area contributed by atoms with Gasteiger partial charge in [0.2, 0.25) is 0 Å². The van der Waals surface area contributed by atoms with Gasteiger partial charge in [-0.25, -0.2) is 0 Å². The van der Waals surface area contributed by atoms with E-state index in [0.717, 1.165) is 6.54 Å². The van der Waals surface area contributed by atoms with E-state index in [0.29, 0.717) is 17.9 Å². The molecule has 1 unspecified atom stereocenters. The minimum Gasteiger partial charge on any atom is -0.491 e. The van der Waals surface area contributed by atoms with Crippen LogP contribution in [0, 0.1) is 18.3 Å². The second kappa shape index (κ2) is 8.33. The van der Waals surface area contributed by atoms with Crippen molar-refractivity contribution >= 4 is 0 Å². The van der Waals surface area contributed by atoms with Crippen molar-refractivity contribution in [1.82, 2.24) is 4.90 Å². The average molecular weight is 310 g/mol. The molecule has 0 spiro atoms. The van der Waals surface area contributed by atoms with Crippen LogP contribution in [-0.2, 0) is 6.54 Å². The summed E-state index contributed by atoms with van der Waals surface area (Å²) < 4.78 is 5.56. The minimum atomic E-state index is -0.570. The summed E-state index contributed by atoms with van der Waals surface area (Å²) in [5.41, 5.74) is 3.11. The molecule has 0 aliphatic heterocycles. The highest BCUT2D eigenvalue weighted by Gasteiger charge is 2.10. The molecule has 4 heteroatoms. The van der Waals surface area contributed by atoms with Gasteiger partial charge in [-0.3, -0.25) is 4.90 Å². The van der Waals surface area contributed by atoms with Crippen molar-refractivity contribution in [3.63, 3.8) is 0 Å². The first-order chi connectivity index (χ1) is 11.1. The molecule has 2 aromatic rings. The van der Waals surface area contributed by atoms with E-state index < -0.39 is 6.10 Å². The van der Waals surface area contributed by atoms with E-state index >= 15 is 0 Å². The molecule has 120 valence electrons. The highest BCUT2D eigenvalue weighted by molar-refractivity contribution is 5.34. The maximum Gasteiger partial charge on any atom is 0.119 e. The van der Waals surface area contributed by atoms with Gasteiger partial charge < -0.3 is 9.84 Å². The Morgan fingerprint density at radius 2 is 1.87 bits per heavy atom. The van der Waals surface area contributed by atoms with Crippen molar-refractivity contribution in [1.29, 1.82) is 5.26 Å². The second-order valence-electron chi connectivity index (χ2n) is 5.72. The summed E-state index contributed by atoms with van der Waals surface area (Å²) in [4.78, 5) is 2.08. The van der Waals surface area contributed by atoms with Gasteiger partial charge in [0.25, 0.3) is 0 Å². The van der Waals surface area contributed by atoms with Gasteiger partial charge in [-0.15, -0.1) is 0 Å². The summed E-state index contributed by atoms with van der Waals surface area (Å²) in [5, 5.41) is 18.9. The SMILES string of the molecule is Cc1ccccc1CN(C)CC(O)COc1ccc(C#N)cc1. The third kappa shape index (κ3) is 5.41. The Labute approximate surface area is 137 Å². The lowest BCUT2D eigenvalue weighted by atomic mass is 10.1. The molecule has 0 heterocycles. The lowest BCUT2D eigenvalue weighted by Gasteiger charge is -2.21. The van der Waals surface area contributed by atoms with Crippen LogP contribution < -0.4 is 4.74 Å². The Hall–Kier alpha value is -2.35. The molecule has 0 saturated heterocycles. The van der Waals surface area contributed by atoms with Gasteiger partial charge in [0.1, 0.15) is 18.5 Å². The standard InChI is InChI=1S/C19H22N2O2/c1-15-5-3-4-6-17(15)12-21(2)13-18(22)14-23-19-9-7-16(11-20)8-10-19/h3-10,18,22H,12-14H2,1-2H3. The first-order valence-electron chi connectivity index (χ1n) is 7.62. The van der Waals surface area contributed by atoms with E-state index in [2.05, 4.69) is 30.0 Å².